The van der Waals surface area contributed by atoms with Crippen molar-refractivity contribution in [1.82, 2.24) is 0 Å². The molecule has 0 amide bonds. The van der Waals surface area contributed by atoms with E-state index in [1.807, 2.05) is 41.5 Å². The first-order valence-electron chi connectivity index (χ1n) is 7.91. The van der Waals surface area contributed by atoms with Crippen LogP contribution >= 0.6 is 0 Å². The van der Waals surface area contributed by atoms with Crippen LogP contribution in [0.15, 0.2) is 24.3 Å². The Bertz CT molecular complexity index is 384. The first kappa shape index (κ1) is 34.4. The van der Waals surface area contributed by atoms with Gasteiger partial charge in [0.05, 0.1) is 0 Å². The summed E-state index contributed by atoms with van der Waals surface area (Å²) in [4.78, 5) is 0. The second-order valence-corrected chi connectivity index (χ2v) is 9.04. The van der Waals surface area contributed by atoms with Crippen molar-refractivity contribution in [2.45, 2.75) is 71.3 Å². The van der Waals surface area contributed by atoms with Crippen LogP contribution in [0.3, 0.4) is 0 Å². The fourth-order valence-electron chi connectivity index (χ4n) is 1.14. The standard InChI is InChI=1S/C7H5F6Si.3C3H8N.Hf/c8-6(9,10)14(7(11,12)13)5-3-1-2-4-5;3*1-3(2)4;/h1-4,14H;3*3-4H,1-2H3;/q4*-1;+4. The smallest absolute Gasteiger partial charge is 0.675 e. The molecule has 0 spiro atoms. The van der Waals surface area contributed by atoms with Crippen LogP contribution in [0.4, 0.5) is 26.3 Å². The minimum absolute atomic E-state index is 0. The molecular formula is C16H29F6HfN3Si. The van der Waals surface area contributed by atoms with E-state index in [1.54, 1.807) is 0 Å². The van der Waals surface area contributed by atoms with Gasteiger partial charge in [0.1, 0.15) is 0 Å². The van der Waals surface area contributed by atoms with E-state index in [0.29, 0.717) is 0 Å². The Hall–Kier alpha value is -0.103. The maximum atomic E-state index is 12.1. The summed E-state index contributed by atoms with van der Waals surface area (Å²) in [5.74, 6) is -10.3. The molecule has 0 saturated heterocycles. The van der Waals surface area contributed by atoms with Crippen LogP contribution in [0.5, 0.6) is 0 Å². The second-order valence-electron chi connectivity index (χ2n) is 6.20. The number of nitrogens with one attached hydrogen (secondary N) is 3. The molecule has 27 heavy (non-hydrogen) atoms. The average molecular weight is 584 g/mol. The number of rotatable bonds is 1. The van der Waals surface area contributed by atoms with Crippen LogP contribution in [0.1, 0.15) is 41.5 Å². The molecular weight excluding hydrogens is 555 g/mol. The molecule has 0 atom stereocenters. The van der Waals surface area contributed by atoms with E-state index in [4.69, 9.17) is 17.2 Å². The quantitative estimate of drug-likeness (QED) is 0.209. The van der Waals surface area contributed by atoms with Crippen molar-refractivity contribution < 1.29 is 52.2 Å². The van der Waals surface area contributed by atoms with E-state index < -0.39 is 25.6 Å². The Morgan fingerprint density at radius 3 is 1.00 bits per heavy atom. The molecule has 0 bridgehead atoms. The number of hydrogen-bond acceptors (Lipinski definition) is 0. The Morgan fingerprint density at radius 1 is 0.667 bits per heavy atom. The van der Waals surface area contributed by atoms with Gasteiger partial charge >= 0.3 is 37.4 Å². The Kier molecular flexibility index (Phi) is 21.4. The zero-order valence-corrected chi connectivity index (χ0v) is 21.1. The van der Waals surface area contributed by atoms with Gasteiger partial charge in [0.25, 0.3) is 8.80 Å². The average Bonchev–Trinajstić information content (AvgIpc) is 2.74. The Balaban J connectivity index is -0.000000169. The van der Waals surface area contributed by atoms with Crippen molar-refractivity contribution in [2.75, 3.05) is 0 Å². The fourth-order valence-corrected chi connectivity index (χ4v) is 2.88. The maximum Gasteiger partial charge on any atom is 4.00 e. The summed E-state index contributed by atoms with van der Waals surface area (Å²) in [6.45, 7) is 11.0. The summed E-state index contributed by atoms with van der Waals surface area (Å²) in [5, 5.41) is -0.634. The molecule has 0 aliphatic rings. The number of halogens is 6. The van der Waals surface area contributed by atoms with Gasteiger partial charge in [-0.2, -0.15) is 38.5 Å². The van der Waals surface area contributed by atoms with Crippen molar-refractivity contribution in [1.29, 1.82) is 0 Å². The number of alkyl halides is 6. The summed E-state index contributed by atoms with van der Waals surface area (Å²) >= 11 is 0. The van der Waals surface area contributed by atoms with Gasteiger partial charge in [0, 0.05) is 0 Å². The SMILES string of the molecule is CC(C)[NH-].CC(C)[NH-].CC(C)[NH-].FC(F)(F)[SiH]([c-]1cccc1)C(F)(F)F.[Hf+4]. The molecule has 0 saturated carbocycles. The van der Waals surface area contributed by atoms with E-state index in [1.165, 1.54) is 12.1 Å². The Labute approximate surface area is 178 Å². The van der Waals surface area contributed by atoms with E-state index in [2.05, 4.69) is 0 Å². The van der Waals surface area contributed by atoms with Crippen LogP contribution in [0, 0.1) is 0 Å². The molecule has 0 radical (unpaired) electrons. The van der Waals surface area contributed by atoms with E-state index in [9.17, 15) is 26.3 Å². The molecule has 0 heterocycles. The molecule has 0 aliphatic heterocycles. The molecule has 3 nitrogen and oxygen atoms in total. The fraction of sp³-hybridized carbons (Fsp3) is 0.688. The minimum atomic E-state index is -5.16. The zero-order chi connectivity index (χ0) is 21.7. The summed E-state index contributed by atoms with van der Waals surface area (Å²) in [7, 11) is -4.92. The van der Waals surface area contributed by atoms with Crippen LogP contribution < -0.4 is 5.19 Å². The van der Waals surface area contributed by atoms with Gasteiger partial charge < -0.3 is 17.2 Å². The van der Waals surface area contributed by atoms with Crippen LogP contribution in [0.2, 0.25) is 0 Å². The first-order chi connectivity index (χ1) is 11.4. The molecule has 3 N–H and O–H groups in total. The Morgan fingerprint density at radius 2 is 0.852 bits per heavy atom. The van der Waals surface area contributed by atoms with E-state index in [0.717, 1.165) is 12.1 Å². The first-order valence-corrected chi connectivity index (χ1v) is 9.64. The van der Waals surface area contributed by atoms with Gasteiger partial charge in [0.15, 0.2) is 0 Å². The van der Waals surface area contributed by atoms with Crippen molar-refractivity contribution in [3.05, 3.63) is 41.5 Å². The molecule has 0 fully saturated rings. The summed E-state index contributed by atoms with van der Waals surface area (Å²) in [6, 6.07) is 4.34. The van der Waals surface area contributed by atoms with Crippen molar-refractivity contribution in [3.8, 4) is 0 Å². The molecule has 1 rings (SSSR count). The van der Waals surface area contributed by atoms with Gasteiger partial charge in [-0.3, -0.25) is 0 Å². The topological polar surface area (TPSA) is 71.4 Å². The molecule has 11 heteroatoms. The van der Waals surface area contributed by atoms with Gasteiger partial charge in [-0.05, 0) is 0 Å². The summed E-state index contributed by atoms with van der Waals surface area (Å²) in [6.07, 6.45) is 0. The molecule has 1 aromatic rings. The third-order valence-corrected chi connectivity index (χ3v) is 4.04. The third kappa shape index (κ3) is 28.2. The van der Waals surface area contributed by atoms with E-state index >= 15 is 0 Å². The van der Waals surface area contributed by atoms with Gasteiger partial charge in [-0.25, -0.2) is 12.1 Å². The predicted octanol–water partition coefficient (Wildman–Crippen LogP) is 6.38. The van der Waals surface area contributed by atoms with Gasteiger partial charge in [-0.15, -0.1) is 23.3 Å². The zero-order valence-electron chi connectivity index (χ0n) is 16.4. The normalized spacial score (nSPS) is 11.1. The molecule has 0 aliphatic carbocycles. The van der Waals surface area contributed by atoms with Gasteiger partial charge in [0.2, 0.25) is 0 Å². The van der Waals surface area contributed by atoms with E-state index in [-0.39, 0.29) is 44.0 Å². The van der Waals surface area contributed by atoms with Gasteiger partial charge in [-0.1, -0.05) is 41.5 Å². The second kappa shape index (κ2) is 16.8. The third-order valence-electron chi connectivity index (χ3n) is 1.68. The van der Waals surface area contributed by atoms with Crippen molar-refractivity contribution in [3.63, 3.8) is 0 Å². The van der Waals surface area contributed by atoms with Crippen LogP contribution in [-0.4, -0.2) is 38.5 Å². The summed E-state index contributed by atoms with van der Waals surface area (Å²) < 4.78 is 72.7. The molecule has 0 aromatic heterocycles. The predicted molar refractivity (Wildman–Crippen MR) is 99.3 cm³/mol. The largest absolute Gasteiger partial charge is 4.00 e. The molecule has 0 unspecified atom stereocenters. The number of hydrogen-bond donors (Lipinski definition) is 0. The van der Waals surface area contributed by atoms with Crippen molar-refractivity contribution >= 4 is 14.0 Å². The van der Waals surface area contributed by atoms with Crippen LogP contribution in [-0.2, 0) is 25.8 Å². The van der Waals surface area contributed by atoms with Crippen molar-refractivity contribution in [2.24, 2.45) is 0 Å². The summed E-state index contributed by atoms with van der Waals surface area (Å²) in [5.41, 5.74) is 19.8. The molecule has 158 valence electrons. The monoisotopic (exact) mass is 585 g/mol. The molecule has 1 aromatic carbocycles. The maximum absolute atomic E-state index is 12.1. The van der Waals surface area contributed by atoms with Crippen LogP contribution in [0.25, 0.3) is 17.2 Å². The minimum Gasteiger partial charge on any atom is -0.675 e.